The van der Waals surface area contributed by atoms with Crippen LogP contribution in [-0.4, -0.2) is 99.1 Å². The molecule has 4 heterocycles. The Morgan fingerprint density at radius 1 is 0.784 bits per heavy atom. The predicted molar refractivity (Wildman–Crippen MR) is 129 cm³/mol. The monoisotopic (exact) mass is 572 g/mol. The van der Waals surface area contributed by atoms with Gasteiger partial charge >= 0.3 is 12.4 Å². The Morgan fingerprint density at radius 2 is 1.22 bits per heavy atom. The molecule has 13 heteroatoms. The fraction of sp³-hybridized carbons (Fsp3) is 0.667. The first-order chi connectivity index (χ1) is 17.6. The third-order valence-corrected chi connectivity index (χ3v) is 8.17. The molecule has 0 N–H and O–H groups in total. The van der Waals surface area contributed by atoms with E-state index in [1.54, 1.807) is 0 Å². The second-order valence-corrected chi connectivity index (χ2v) is 11.3. The van der Waals surface area contributed by atoms with Crippen LogP contribution in [0.25, 0.3) is 0 Å². The number of nitrogens with zero attached hydrogens (tertiary/aromatic N) is 2. The number of rotatable bonds is 10. The number of ether oxygens (including phenoxy) is 3. The fourth-order valence-electron chi connectivity index (χ4n) is 4.56. The standard InChI is InChI=1S/C24H30F6N2O3S2/c25-23(26,27)21(15-31-5-7-33-17(13-31)11-19-3-1-9-36-19)35-22(24(28,29)30)16-32-6-8-34-18(14-32)12-20-4-2-10-37-20/h1-4,9-10,17-18,21-22H,5-8,11-16H2/t17-,18-,21+,22+/m1/s1. The molecule has 2 saturated heterocycles. The summed E-state index contributed by atoms with van der Waals surface area (Å²) in [5, 5.41) is 3.80. The molecule has 2 aromatic heterocycles. The van der Waals surface area contributed by atoms with Crippen LogP contribution in [0.3, 0.4) is 0 Å². The van der Waals surface area contributed by atoms with E-state index >= 15 is 0 Å². The van der Waals surface area contributed by atoms with Crippen molar-refractivity contribution in [2.24, 2.45) is 0 Å². The minimum absolute atomic E-state index is 0.193. The van der Waals surface area contributed by atoms with Gasteiger partial charge in [-0.3, -0.25) is 9.80 Å². The molecule has 0 aromatic carbocycles. The van der Waals surface area contributed by atoms with Gasteiger partial charge in [-0.1, -0.05) is 12.1 Å². The van der Waals surface area contributed by atoms with Gasteiger partial charge in [0, 0.05) is 61.9 Å². The van der Waals surface area contributed by atoms with Crippen LogP contribution in [0.15, 0.2) is 35.0 Å². The van der Waals surface area contributed by atoms with Gasteiger partial charge in [0.25, 0.3) is 0 Å². The highest BCUT2D eigenvalue weighted by molar-refractivity contribution is 7.10. The van der Waals surface area contributed by atoms with Crippen molar-refractivity contribution in [1.29, 1.82) is 0 Å². The van der Waals surface area contributed by atoms with E-state index in [2.05, 4.69) is 0 Å². The fourth-order valence-corrected chi connectivity index (χ4v) is 6.10. The minimum Gasteiger partial charge on any atom is -0.375 e. The van der Waals surface area contributed by atoms with E-state index in [0.717, 1.165) is 9.75 Å². The van der Waals surface area contributed by atoms with Crippen LogP contribution in [0.2, 0.25) is 0 Å². The molecule has 0 aliphatic carbocycles. The van der Waals surface area contributed by atoms with Crippen LogP contribution >= 0.6 is 22.7 Å². The van der Waals surface area contributed by atoms with Gasteiger partial charge in [-0.05, 0) is 22.9 Å². The Bertz CT molecular complexity index is 852. The molecule has 2 aromatic rings. The maximum absolute atomic E-state index is 13.9. The Labute approximate surface area is 219 Å². The molecule has 0 spiro atoms. The van der Waals surface area contributed by atoms with Crippen molar-refractivity contribution in [2.45, 2.75) is 49.6 Å². The third kappa shape index (κ3) is 8.91. The van der Waals surface area contributed by atoms with Crippen molar-refractivity contribution in [1.82, 2.24) is 9.80 Å². The summed E-state index contributed by atoms with van der Waals surface area (Å²) in [5.74, 6) is 0. The van der Waals surface area contributed by atoms with E-state index in [1.165, 1.54) is 32.5 Å². The second kappa shape index (κ2) is 12.8. The Hall–Kier alpha value is -1.22. The number of alkyl halides is 6. The molecule has 2 aliphatic rings. The van der Waals surface area contributed by atoms with E-state index in [4.69, 9.17) is 14.2 Å². The predicted octanol–water partition coefficient (Wildman–Crippen LogP) is 4.87. The number of hydrogen-bond acceptors (Lipinski definition) is 7. The highest BCUT2D eigenvalue weighted by Gasteiger charge is 2.50. The number of thiophene rings is 2. The largest absolute Gasteiger partial charge is 0.415 e. The van der Waals surface area contributed by atoms with Gasteiger partial charge in [-0.25, -0.2) is 0 Å². The molecule has 5 nitrogen and oxygen atoms in total. The Balaban J connectivity index is 1.37. The summed E-state index contributed by atoms with van der Waals surface area (Å²) in [4.78, 5) is 5.05. The lowest BCUT2D eigenvalue weighted by atomic mass is 10.1. The average molecular weight is 573 g/mol. The van der Waals surface area contributed by atoms with Crippen LogP contribution in [0.4, 0.5) is 26.3 Å². The molecule has 2 fully saturated rings. The topological polar surface area (TPSA) is 34.2 Å². The molecule has 0 unspecified atom stereocenters. The summed E-state index contributed by atoms with van der Waals surface area (Å²) in [6.07, 6.45) is -14.6. The van der Waals surface area contributed by atoms with Crippen molar-refractivity contribution >= 4 is 22.7 Å². The summed E-state index contributed by atoms with van der Waals surface area (Å²) >= 11 is 3.05. The first kappa shape index (κ1) is 28.8. The van der Waals surface area contributed by atoms with Gasteiger partial charge in [-0.2, -0.15) is 26.3 Å². The van der Waals surface area contributed by atoms with Crippen LogP contribution < -0.4 is 0 Å². The van der Waals surface area contributed by atoms with Crippen LogP contribution in [0.5, 0.6) is 0 Å². The van der Waals surface area contributed by atoms with Gasteiger partial charge in [0.1, 0.15) is 0 Å². The molecule has 0 radical (unpaired) electrons. The highest BCUT2D eigenvalue weighted by atomic mass is 32.1. The van der Waals surface area contributed by atoms with Crippen molar-refractivity contribution in [3.8, 4) is 0 Å². The van der Waals surface area contributed by atoms with Crippen LogP contribution in [0.1, 0.15) is 9.75 Å². The maximum Gasteiger partial charge on any atom is 0.415 e. The van der Waals surface area contributed by atoms with Gasteiger partial charge in [0.15, 0.2) is 12.2 Å². The van der Waals surface area contributed by atoms with E-state index < -0.39 is 37.7 Å². The third-order valence-electron chi connectivity index (χ3n) is 6.37. The summed E-state index contributed by atoms with van der Waals surface area (Å²) < 4.78 is 99.6. The van der Waals surface area contributed by atoms with E-state index in [9.17, 15) is 26.3 Å². The van der Waals surface area contributed by atoms with E-state index in [1.807, 2.05) is 35.0 Å². The molecule has 37 heavy (non-hydrogen) atoms. The van der Waals surface area contributed by atoms with E-state index in [0.29, 0.717) is 12.8 Å². The zero-order valence-electron chi connectivity index (χ0n) is 20.0. The second-order valence-electron chi connectivity index (χ2n) is 9.27. The quantitative estimate of drug-likeness (QED) is 0.380. The molecule has 0 bridgehead atoms. The van der Waals surface area contributed by atoms with Crippen molar-refractivity contribution in [3.63, 3.8) is 0 Å². The zero-order chi connectivity index (χ0) is 26.5. The van der Waals surface area contributed by atoms with Gasteiger partial charge < -0.3 is 14.2 Å². The lowest BCUT2D eigenvalue weighted by Gasteiger charge is -2.38. The van der Waals surface area contributed by atoms with Crippen molar-refractivity contribution in [2.75, 3.05) is 52.5 Å². The average Bonchev–Trinajstić information content (AvgIpc) is 3.52. The number of hydrogen-bond donors (Lipinski definition) is 0. The Morgan fingerprint density at radius 3 is 1.57 bits per heavy atom. The van der Waals surface area contributed by atoms with Gasteiger partial charge in [0.05, 0.1) is 25.4 Å². The van der Waals surface area contributed by atoms with Gasteiger partial charge in [-0.15, -0.1) is 22.7 Å². The number of halogens is 6. The molecule has 4 rings (SSSR count). The summed E-state index contributed by atoms with van der Waals surface area (Å²) in [6, 6.07) is 7.59. The lowest BCUT2D eigenvalue weighted by Crippen LogP contribution is -2.55. The minimum atomic E-state index is -4.95. The SMILES string of the molecule is FC(F)(F)[C@H](CN1CCO[C@H](Cc2cccs2)C1)O[C@@H](CN1CCO[C@H](Cc2cccs2)C1)C(F)(F)F. The van der Waals surface area contributed by atoms with Crippen LogP contribution in [-0.2, 0) is 27.1 Å². The first-order valence-electron chi connectivity index (χ1n) is 12.1. The summed E-state index contributed by atoms with van der Waals surface area (Å²) in [7, 11) is 0. The zero-order valence-corrected chi connectivity index (χ0v) is 21.7. The van der Waals surface area contributed by atoms with Crippen molar-refractivity contribution < 1.29 is 40.6 Å². The summed E-state index contributed by atoms with van der Waals surface area (Å²) in [6.45, 7) is -0.153. The lowest BCUT2D eigenvalue weighted by molar-refractivity contribution is -0.292. The molecular weight excluding hydrogens is 542 g/mol. The molecule has 2 aliphatic heterocycles. The molecule has 0 saturated carbocycles. The smallest absolute Gasteiger partial charge is 0.375 e. The van der Waals surface area contributed by atoms with Crippen LogP contribution in [0, 0.1) is 0 Å². The highest BCUT2D eigenvalue weighted by Crippen LogP contribution is 2.32. The first-order valence-corrected chi connectivity index (χ1v) is 13.8. The van der Waals surface area contributed by atoms with Gasteiger partial charge in [0.2, 0.25) is 0 Å². The molecule has 0 amide bonds. The summed E-state index contributed by atoms with van der Waals surface area (Å²) in [5.41, 5.74) is 0. The maximum atomic E-state index is 13.9. The van der Waals surface area contributed by atoms with Crippen molar-refractivity contribution in [3.05, 3.63) is 44.8 Å². The normalized spacial score (nSPS) is 24.3. The molecule has 4 atom stereocenters. The number of morpholine rings is 2. The molecule has 208 valence electrons. The molecular formula is C24H30F6N2O3S2. The van der Waals surface area contributed by atoms with E-state index in [-0.39, 0.29) is 51.6 Å². The Kier molecular flexibility index (Phi) is 9.92.